The van der Waals surface area contributed by atoms with E-state index < -0.39 is 0 Å². The minimum absolute atomic E-state index is 0.676. The molecule has 0 saturated heterocycles. The molecule has 0 aliphatic carbocycles. The van der Waals surface area contributed by atoms with Crippen LogP contribution in [0.4, 0.5) is 5.69 Å². The molecule has 0 aliphatic heterocycles. The van der Waals surface area contributed by atoms with E-state index in [-0.39, 0.29) is 0 Å². The highest BCUT2D eigenvalue weighted by Gasteiger charge is 2.00. The summed E-state index contributed by atoms with van der Waals surface area (Å²) in [6.45, 7) is 1.58. The summed E-state index contributed by atoms with van der Waals surface area (Å²) in [5.74, 6) is 0.834. The predicted molar refractivity (Wildman–Crippen MR) is 62.6 cm³/mol. The van der Waals surface area contributed by atoms with Crippen LogP contribution in [0.25, 0.3) is 0 Å². The number of anilines is 1. The van der Waals surface area contributed by atoms with Gasteiger partial charge in [-0.15, -0.1) is 0 Å². The van der Waals surface area contributed by atoms with Crippen molar-refractivity contribution in [1.29, 1.82) is 0 Å². The second-order valence-corrected chi connectivity index (χ2v) is 4.20. The van der Waals surface area contributed by atoms with Crippen molar-refractivity contribution in [3.8, 4) is 5.75 Å². The van der Waals surface area contributed by atoms with Crippen molar-refractivity contribution in [1.82, 2.24) is 4.90 Å². The summed E-state index contributed by atoms with van der Waals surface area (Å²) in [6, 6.07) is 5.54. The highest BCUT2D eigenvalue weighted by molar-refractivity contribution is 9.10. The van der Waals surface area contributed by atoms with Gasteiger partial charge >= 0.3 is 0 Å². The molecule has 1 aromatic rings. The number of hydrogen-bond acceptors (Lipinski definition) is 3. The number of nitrogen functional groups attached to an aromatic ring is 1. The van der Waals surface area contributed by atoms with E-state index >= 15 is 0 Å². The van der Waals surface area contributed by atoms with Crippen molar-refractivity contribution in [2.24, 2.45) is 0 Å². The Labute approximate surface area is 93.0 Å². The smallest absolute Gasteiger partial charge is 0.133 e. The molecule has 4 heteroatoms. The van der Waals surface area contributed by atoms with Crippen LogP contribution in [0.2, 0.25) is 0 Å². The lowest BCUT2D eigenvalue weighted by atomic mass is 10.3. The zero-order chi connectivity index (χ0) is 10.6. The molecule has 0 aromatic heterocycles. The summed E-state index contributed by atoms with van der Waals surface area (Å²) in [6.07, 6.45) is 0. The minimum Gasteiger partial charge on any atom is -0.491 e. The van der Waals surface area contributed by atoms with Gasteiger partial charge in [-0.05, 0) is 48.2 Å². The number of ether oxygens (including phenoxy) is 1. The van der Waals surface area contributed by atoms with Crippen LogP contribution >= 0.6 is 15.9 Å². The van der Waals surface area contributed by atoms with Crippen molar-refractivity contribution in [3.63, 3.8) is 0 Å². The van der Waals surface area contributed by atoms with Gasteiger partial charge in [0.15, 0.2) is 0 Å². The molecular weight excluding hydrogens is 244 g/mol. The normalized spacial score (nSPS) is 10.6. The maximum Gasteiger partial charge on any atom is 0.133 e. The van der Waals surface area contributed by atoms with E-state index in [1.807, 2.05) is 32.3 Å². The molecule has 0 saturated carbocycles. The number of halogens is 1. The molecule has 0 spiro atoms. The zero-order valence-corrected chi connectivity index (χ0v) is 10.0. The molecule has 3 nitrogen and oxygen atoms in total. The van der Waals surface area contributed by atoms with Gasteiger partial charge in [-0.2, -0.15) is 0 Å². The van der Waals surface area contributed by atoms with Gasteiger partial charge < -0.3 is 15.4 Å². The molecule has 0 atom stereocenters. The first-order chi connectivity index (χ1) is 6.59. The largest absolute Gasteiger partial charge is 0.491 e. The van der Waals surface area contributed by atoms with Gasteiger partial charge in [0.05, 0.1) is 4.47 Å². The second kappa shape index (κ2) is 5.22. The monoisotopic (exact) mass is 258 g/mol. The minimum atomic E-state index is 0.676. The molecule has 78 valence electrons. The maximum atomic E-state index is 5.61. The molecule has 1 rings (SSSR count). The van der Waals surface area contributed by atoms with Gasteiger partial charge in [0.2, 0.25) is 0 Å². The van der Waals surface area contributed by atoms with Crippen LogP contribution in [0.3, 0.4) is 0 Å². The van der Waals surface area contributed by atoms with E-state index in [0.29, 0.717) is 6.61 Å². The third kappa shape index (κ3) is 3.55. The molecule has 1 aromatic carbocycles. The predicted octanol–water partition coefficient (Wildman–Crippen LogP) is 1.97. The van der Waals surface area contributed by atoms with Gasteiger partial charge in [-0.25, -0.2) is 0 Å². The van der Waals surface area contributed by atoms with Gasteiger partial charge in [0.1, 0.15) is 12.4 Å². The highest BCUT2D eigenvalue weighted by atomic mass is 79.9. The fourth-order valence-corrected chi connectivity index (χ4v) is 1.48. The van der Waals surface area contributed by atoms with Crippen molar-refractivity contribution < 1.29 is 4.74 Å². The lowest BCUT2D eigenvalue weighted by Crippen LogP contribution is -2.19. The van der Waals surface area contributed by atoms with Gasteiger partial charge in [0.25, 0.3) is 0 Å². The molecule has 2 N–H and O–H groups in total. The van der Waals surface area contributed by atoms with E-state index in [0.717, 1.165) is 22.5 Å². The fraction of sp³-hybridized carbons (Fsp3) is 0.400. The van der Waals surface area contributed by atoms with Gasteiger partial charge in [-0.3, -0.25) is 0 Å². The summed E-state index contributed by atoms with van der Waals surface area (Å²) in [4.78, 5) is 2.07. The number of hydrogen-bond donors (Lipinski definition) is 1. The summed E-state index contributed by atoms with van der Waals surface area (Å²) < 4.78 is 6.46. The fourth-order valence-electron chi connectivity index (χ4n) is 0.972. The number of likely N-dealkylation sites (N-methyl/N-ethyl adjacent to an activating group) is 1. The highest BCUT2D eigenvalue weighted by Crippen LogP contribution is 2.26. The third-order valence-corrected chi connectivity index (χ3v) is 2.37. The number of benzene rings is 1. The Kier molecular flexibility index (Phi) is 4.22. The molecule has 0 bridgehead atoms. The van der Waals surface area contributed by atoms with Crippen LogP contribution in [0.15, 0.2) is 22.7 Å². The van der Waals surface area contributed by atoms with Crippen molar-refractivity contribution in [2.75, 3.05) is 33.0 Å². The van der Waals surface area contributed by atoms with Crippen LogP contribution in [0.5, 0.6) is 5.75 Å². The SMILES string of the molecule is CN(C)CCOc1ccc(N)cc1Br. The first-order valence-electron chi connectivity index (χ1n) is 4.42. The van der Waals surface area contributed by atoms with E-state index in [1.54, 1.807) is 0 Å². The molecule has 0 unspecified atom stereocenters. The summed E-state index contributed by atoms with van der Waals surface area (Å²) in [5, 5.41) is 0. The molecule has 0 radical (unpaired) electrons. The average Bonchev–Trinajstić information content (AvgIpc) is 2.08. The van der Waals surface area contributed by atoms with Crippen LogP contribution in [-0.4, -0.2) is 32.1 Å². The number of rotatable bonds is 4. The average molecular weight is 259 g/mol. The maximum absolute atomic E-state index is 5.61. The van der Waals surface area contributed by atoms with E-state index in [4.69, 9.17) is 10.5 Å². The summed E-state index contributed by atoms with van der Waals surface area (Å²) in [7, 11) is 4.03. The molecule has 0 aliphatic rings. The van der Waals surface area contributed by atoms with Crippen molar-refractivity contribution >= 4 is 21.6 Å². The molecule has 0 heterocycles. The van der Waals surface area contributed by atoms with Crippen molar-refractivity contribution in [3.05, 3.63) is 22.7 Å². The van der Waals surface area contributed by atoms with E-state index in [2.05, 4.69) is 20.8 Å². The topological polar surface area (TPSA) is 38.5 Å². The molecule has 14 heavy (non-hydrogen) atoms. The third-order valence-electron chi connectivity index (χ3n) is 1.75. The standard InChI is InChI=1S/C10H15BrN2O/c1-13(2)5-6-14-10-4-3-8(12)7-9(10)11/h3-4,7H,5-6,12H2,1-2H3. The summed E-state index contributed by atoms with van der Waals surface area (Å²) in [5.41, 5.74) is 6.34. The Morgan fingerprint density at radius 2 is 2.14 bits per heavy atom. The Bertz CT molecular complexity index is 302. The van der Waals surface area contributed by atoms with Crippen LogP contribution < -0.4 is 10.5 Å². The Balaban J connectivity index is 2.51. The first-order valence-corrected chi connectivity index (χ1v) is 5.21. The molecule has 0 amide bonds. The van der Waals surface area contributed by atoms with E-state index in [1.165, 1.54) is 0 Å². The Morgan fingerprint density at radius 1 is 1.43 bits per heavy atom. The van der Waals surface area contributed by atoms with Crippen LogP contribution in [0, 0.1) is 0 Å². The number of nitrogens with zero attached hydrogens (tertiary/aromatic N) is 1. The number of nitrogens with two attached hydrogens (primary N) is 1. The summed E-state index contributed by atoms with van der Waals surface area (Å²) >= 11 is 3.40. The second-order valence-electron chi connectivity index (χ2n) is 3.34. The lowest BCUT2D eigenvalue weighted by Gasteiger charge is -2.12. The molecular formula is C10H15BrN2O. The lowest BCUT2D eigenvalue weighted by molar-refractivity contribution is 0.260. The van der Waals surface area contributed by atoms with Gasteiger partial charge in [0, 0.05) is 12.2 Å². The van der Waals surface area contributed by atoms with Crippen LogP contribution in [-0.2, 0) is 0 Å². The first kappa shape index (κ1) is 11.3. The quantitative estimate of drug-likeness (QED) is 0.840. The Hall–Kier alpha value is -0.740. The van der Waals surface area contributed by atoms with Crippen molar-refractivity contribution in [2.45, 2.75) is 0 Å². The Morgan fingerprint density at radius 3 is 2.71 bits per heavy atom. The zero-order valence-electron chi connectivity index (χ0n) is 8.46. The molecule has 0 fully saturated rings. The van der Waals surface area contributed by atoms with Crippen LogP contribution in [0.1, 0.15) is 0 Å². The van der Waals surface area contributed by atoms with Gasteiger partial charge in [-0.1, -0.05) is 0 Å². The van der Waals surface area contributed by atoms with E-state index in [9.17, 15) is 0 Å².